The number of nitrogens with zero attached hydrogens (tertiary/aromatic N) is 1. The van der Waals surface area contributed by atoms with Crippen molar-refractivity contribution in [1.82, 2.24) is 0 Å². The summed E-state index contributed by atoms with van der Waals surface area (Å²) in [6, 6.07) is 0. The van der Waals surface area contributed by atoms with Gasteiger partial charge in [-0.25, -0.2) is 4.79 Å². The molecule has 51 heavy (non-hydrogen) atoms. The van der Waals surface area contributed by atoms with Crippen LogP contribution in [-0.2, 0) is 33.3 Å². The quantitative estimate of drug-likeness (QED) is 0.0222. The van der Waals surface area contributed by atoms with Gasteiger partial charge in [-0.05, 0) is 38.5 Å². The molecular formula is C42H78NO8+. The van der Waals surface area contributed by atoms with Crippen molar-refractivity contribution in [3.63, 3.8) is 0 Å². The fraction of sp³-hybridized carbons (Fsp3) is 0.833. The second-order valence-electron chi connectivity index (χ2n) is 14.9. The molecule has 0 spiro atoms. The second kappa shape index (κ2) is 34.8. The highest BCUT2D eigenvalue weighted by Crippen LogP contribution is 2.14. The Bertz CT molecular complexity index is 898. The molecule has 0 aliphatic rings. The maximum absolute atomic E-state index is 12.7. The minimum absolute atomic E-state index is 0.184. The Labute approximate surface area is 312 Å². The van der Waals surface area contributed by atoms with Gasteiger partial charge in [0.25, 0.3) is 6.29 Å². The summed E-state index contributed by atoms with van der Waals surface area (Å²) < 4.78 is 22.6. The van der Waals surface area contributed by atoms with Crippen LogP contribution in [0.2, 0.25) is 0 Å². The third-order valence-electron chi connectivity index (χ3n) is 8.69. The highest BCUT2D eigenvalue weighted by atomic mass is 16.7. The van der Waals surface area contributed by atoms with Crippen LogP contribution in [0.3, 0.4) is 0 Å². The summed E-state index contributed by atoms with van der Waals surface area (Å²) in [4.78, 5) is 36.9. The lowest BCUT2D eigenvalue weighted by molar-refractivity contribution is -0.870. The number of unbranched alkanes of at least 4 members (excludes halogenated alkanes) is 18. The van der Waals surface area contributed by atoms with Gasteiger partial charge < -0.3 is 28.5 Å². The Hall–Kier alpha value is -2.23. The number of ether oxygens (including phenoxy) is 4. The first-order chi connectivity index (χ1) is 24.6. The van der Waals surface area contributed by atoms with Gasteiger partial charge >= 0.3 is 17.9 Å². The molecule has 0 fully saturated rings. The topological polar surface area (TPSA) is 108 Å². The van der Waals surface area contributed by atoms with E-state index in [1.807, 2.05) is 21.1 Å². The van der Waals surface area contributed by atoms with E-state index in [-0.39, 0.29) is 32.2 Å². The lowest BCUT2D eigenvalue weighted by Gasteiger charge is -2.25. The first-order valence-electron chi connectivity index (χ1n) is 20.5. The van der Waals surface area contributed by atoms with Gasteiger partial charge in [0.2, 0.25) is 0 Å². The number of carboxylic acids is 1. The molecule has 0 amide bonds. The Morgan fingerprint density at radius 3 is 1.63 bits per heavy atom. The van der Waals surface area contributed by atoms with E-state index in [9.17, 15) is 19.5 Å². The maximum Gasteiger partial charge on any atom is 0.361 e. The lowest BCUT2D eigenvalue weighted by atomic mass is 10.0. The molecule has 0 heterocycles. The number of carbonyl (C=O) groups is 3. The standard InChI is InChI=1S/C42H77NO8/c1-6-8-10-12-14-16-18-20-22-24-26-28-30-32-39(44)49-36-38(37-50-42(41(46)47)48-35-34-43(3,4)5)51-40(45)33-31-29-27-25-23-21-19-17-15-13-11-9-7-2/h11,13,17,19,38,42H,6-10,12,14-16,18,20-37H2,1-5H3/p+1/b13-11-,19-17-. The fourth-order valence-corrected chi connectivity index (χ4v) is 5.46. The van der Waals surface area contributed by atoms with Crippen LogP contribution in [0.4, 0.5) is 0 Å². The van der Waals surface area contributed by atoms with Gasteiger partial charge in [-0.3, -0.25) is 9.59 Å². The summed E-state index contributed by atoms with van der Waals surface area (Å²) in [5, 5.41) is 9.60. The third kappa shape index (κ3) is 35.9. The molecule has 0 saturated heterocycles. The molecule has 0 aliphatic heterocycles. The number of quaternary nitrogens is 1. The zero-order chi connectivity index (χ0) is 37.8. The van der Waals surface area contributed by atoms with Crippen molar-refractivity contribution in [2.24, 2.45) is 0 Å². The number of likely N-dealkylation sites (N-methyl/N-ethyl adjacent to an activating group) is 1. The average molecular weight is 725 g/mol. The monoisotopic (exact) mass is 725 g/mol. The maximum atomic E-state index is 12.7. The van der Waals surface area contributed by atoms with Gasteiger partial charge in [-0.1, -0.05) is 141 Å². The summed E-state index contributed by atoms with van der Waals surface area (Å²) >= 11 is 0. The molecule has 0 rings (SSSR count). The number of allylic oxidation sites excluding steroid dienone is 4. The zero-order valence-electron chi connectivity index (χ0n) is 33.5. The van der Waals surface area contributed by atoms with Crippen molar-refractivity contribution in [3.8, 4) is 0 Å². The molecule has 0 radical (unpaired) electrons. The number of hydrogen-bond acceptors (Lipinski definition) is 7. The van der Waals surface area contributed by atoms with E-state index in [1.54, 1.807) is 0 Å². The van der Waals surface area contributed by atoms with Crippen LogP contribution in [-0.4, -0.2) is 87.4 Å². The summed E-state index contributed by atoms with van der Waals surface area (Å²) in [5.41, 5.74) is 0. The first kappa shape index (κ1) is 48.8. The molecule has 0 aromatic heterocycles. The van der Waals surface area contributed by atoms with Crippen LogP contribution < -0.4 is 0 Å². The van der Waals surface area contributed by atoms with Crippen LogP contribution >= 0.6 is 0 Å². The molecule has 2 atom stereocenters. The van der Waals surface area contributed by atoms with Crippen molar-refractivity contribution in [3.05, 3.63) is 24.3 Å². The largest absolute Gasteiger partial charge is 0.477 e. The van der Waals surface area contributed by atoms with Crippen molar-refractivity contribution in [2.45, 2.75) is 180 Å². The van der Waals surface area contributed by atoms with E-state index < -0.39 is 24.3 Å². The number of carboxylic acid groups (broad SMARTS) is 1. The van der Waals surface area contributed by atoms with Gasteiger partial charge in [0.15, 0.2) is 6.10 Å². The molecule has 298 valence electrons. The van der Waals surface area contributed by atoms with Crippen LogP contribution in [0, 0.1) is 0 Å². The van der Waals surface area contributed by atoms with Crippen LogP contribution in [0.25, 0.3) is 0 Å². The van der Waals surface area contributed by atoms with Crippen LogP contribution in [0.5, 0.6) is 0 Å². The molecule has 0 aromatic carbocycles. The average Bonchev–Trinajstić information content (AvgIpc) is 3.08. The molecule has 1 N–H and O–H groups in total. The number of hydrogen-bond donors (Lipinski definition) is 1. The molecule has 0 saturated carbocycles. The highest BCUT2D eigenvalue weighted by molar-refractivity contribution is 5.71. The van der Waals surface area contributed by atoms with E-state index in [1.165, 1.54) is 70.6 Å². The third-order valence-corrected chi connectivity index (χ3v) is 8.69. The molecule has 2 unspecified atom stereocenters. The predicted molar refractivity (Wildman–Crippen MR) is 208 cm³/mol. The van der Waals surface area contributed by atoms with Gasteiger partial charge in [0.1, 0.15) is 13.2 Å². The molecule has 0 bridgehead atoms. The van der Waals surface area contributed by atoms with Crippen molar-refractivity contribution in [2.75, 3.05) is 47.5 Å². The van der Waals surface area contributed by atoms with Gasteiger partial charge in [0.05, 0.1) is 34.4 Å². The Balaban J connectivity index is 4.51. The summed E-state index contributed by atoms with van der Waals surface area (Å²) in [6.07, 6.45) is 32.3. The highest BCUT2D eigenvalue weighted by Gasteiger charge is 2.25. The predicted octanol–water partition coefficient (Wildman–Crippen LogP) is 10.1. The van der Waals surface area contributed by atoms with E-state index in [0.717, 1.165) is 64.2 Å². The minimum atomic E-state index is -1.51. The molecule has 9 heteroatoms. The molecule has 0 aliphatic carbocycles. The minimum Gasteiger partial charge on any atom is -0.477 e. The SMILES string of the molecule is CCC/C=C\C/C=C\CCCCCCCC(=O)OC(COC(=O)CCCCCCCCCCCCCCC)COC(OCC[N+](C)(C)C)C(=O)O. The molecular weight excluding hydrogens is 646 g/mol. The van der Waals surface area contributed by atoms with Crippen molar-refractivity contribution in [1.29, 1.82) is 0 Å². The molecule has 9 nitrogen and oxygen atoms in total. The van der Waals surface area contributed by atoms with E-state index in [4.69, 9.17) is 18.9 Å². The van der Waals surface area contributed by atoms with Gasteiger partial charge in [-0.2, -0.15) is 0 Å². The molecule has 0 aromatic rings. The van der Waals surface area contributed by atoms with Gasteiger partial charge in [-0.15, -0.1) is 0 Å². The fourth-order valence-electron chi connectivity index (χ4n) is 5.46. The van der Waals surface area contributed by atoms with Crippen LogP contribution in [0.1, 0.15) is 168 Å². The van der Waals surface area contributed by atoms with Crippen molar-refractivity contribution < 1.29 is 42.9 Å². The second-order valence-corrected chi connectivity index (χ2v) is 14.9. The Kier molecular flexibility index (Phi) is 33.3. The number of aliphatic carboxylic acids is 1. The summed E-state index contributed by atoms with van der Waals surface area (Å²) in [5.74, 6) is -2.02. The summed E-state index contributed by atoms with van der Waals surface area (Å²) in [7, 11) is 5.94. The van der Waals surface area contributed by atoms with Crippen LogP contribution in [0.15, 0.2) is 24.3 Å². The Morgan fingerprint density at radius 2 is 1.10 bits per heavy atom. The van der Waals surface area contributed by atoms with E-state index in [2.05, 4.69) is 38.2 Å². The summed E-state index contributed by atoms with van der Waals surface area (Å²) in [6.45, 7) is 4.78. The van der Waals surface area contributed by atoms with E-state index >= 15 is 0 Å². The lowest BCUT2D eigenvalue weighted by Crippen LogP contribution is -2.40. The number of rotatable bonds is 37. The first-order valence-corrected chi connectivity index (χ1v) is 20.5. The zero-order valence-corrected chi connectivity index (χ0v) is 33.5. The Morgan fingerprint density at radius 1 is 0.588 bits per heavy atom. The van der Waals surface area contributed by atoms with E-state index in [0.29, 0.717) is 23.9 Å². The number of esters is 2. The number of carbonyl (C=O) groups excluding carboxylic acids is 2. The van der Waals surface area contributed by atoms with Gasteiger partial charge in [0, 0.05) is 12.8 Å². The van der Waals surface area contributed by atoms with Crippen molar-refractivity contribution >= 4 is 17.9 Å². The smallest absolute Gasteiger partial charge is 0.361 e. The normalized spacial score (nSPS) is 13.2.